The minimum Gasteiger partial charge on any atom is -0.322 e. The van der Waals surface area contributed by atoms with Gasteiger partial charge in [-0.2, -0.15) is 0 Å². The van der Waals surface area contributed by atoms with Crippen LogP contribution in [0.4, 0.5) is 14.5 Å². The highest BCUT2D eigenvalue weighted by Gasteiger charge is 2.27. The predicted molar refractivity (Wildman–Crippen MR) is 69.9 cm³/mol. The van der Waals surface area contributed by atoms with E-state index in [4.69, 9.17) is 0 Å². The fourth-order valence-electron chi connectivity index (χ4n) is 2.35. The maximum atomic E-state index is 13.7. The SMILES string of the molecule is Cc1cc(F)c(NC(=O)C2NCCCC2C)cc1F. The van der Waals surface area contributed by atoms with Gasteiger partial charge < -0.3 is 10.6 Å². The van der Waals surface area contributed by atoms with Crippen LogP contribution in [0.2, 0.25) is 0 Å². The zero-order chi connectivity index (χ0) is 14.0. The van der Waals surface area contributed by atoms with Gasteiger partial charge in [0.05, 0.1) is 11.7 Å². The molecule has 1 aromatic carbocycles. The molecular formula is C14H18F2N2O. The van der Waals surface area contributed by atoms with Crippen molar-refractivity contribution in [1.29, 1.82) is 0 Å². The predicted octanol–water partition coefficient (Wildman–Crippen LogP) is 2.60. The summed E-state index contributed by atoms with van der Waals surface area (Å²) in [5.74, 6) is -1.27. The fourth-order valence-corrected chi connectivity index (χ4v) is 2.35. The first-order valence-corrected chi connectivity index (χ1v) is 6.49. The highest BCUT2D eigenvalue weighted by atomic mass is 19.1. The van der Waals surface area contributed by atoms with Crippen LogP contribution in [0.3, 0.4) is 0 Å². The van der Waals surface area contributed by atoms with Crippen LogP contribution in [-0.4, -0.2) is 18.5 Å². The van der Waals surface area contributed by atoms with Gasteiger partial charge in [-0.15, -0.1) is 0 Å². The number of amides is 1. The molecule has 2 N–H and O–H groups in total. The van der Waals surface area contributed by atoms with E-state index in [0.717, 1.165) is 31.5 Å². The number of carbonyl (C=O) groups excluding carboxylic acids is 1. The summed E-state index contributed by atoms with van der Waals surface area (Å²) < 4.78 is 27.0. The molecule has 1 aromatic rings. The minimum atomic E-state index is -0.615. The molecule has 0 aliphatic carbocycles. The quantitative estimate of drug-likeness (QED) is 0.865. The van der Waals surface area contributed by atoms with Gasteiger partial charge in [-0.05, 0) is 43.9 Å². The number of aryl methyl sites for hydroxylation is 1. The van der Waals surface area contributed by atoms with Gasteiger partial charge in [-0.3, -0.25) is 4.79 Å². The lowest BCUT2D eigenvalue weighted by atomic mass is 9.92. The molecule has 3 nitrogen and oxygen atoms in total. The first kappa shape index (κ1) is 13.9. The second-order valence-corrected chi connectivity index (χ2v) is 5.12. The monoisotopic (exact) mass is 268 g/mol. The van der Waals surface area contributed by atoms with E-state index in [-0.39, 0.29) is 29.1 Å². The van der Waals surface area contributed by atoms with Gasteiger partial charge in [-0.25, -0.2) is 8.78 Å². The van der Waals surface area contributed by atoms with Gasteiger partial charge >= 0.3 is 0 Å². The lowest BCUT2D eigenvalue weighted by Gasteiger charge is -2.29. The molecule has 1 aliphatic rings. The number of hydrogen-bond donors (Lipinski definition) is 2. The summed E-state index contributed by atoms with van der Waals surface area (Å²) in [5.41, 5.74) is 0.118. The van der Waals surface area contributed by atoms with Crippen LogP contribution < -0.4 is 10.6 Å². The van der Waals surface area contributed by atoms with Gasteiger partial charge in [0.15, 0.2) is 0 Å². The van der Waals surface area contributed by atoms with Crippen molar-refractivity contribution in [2.24, 2.45) is 5.92 Å². The third-order valence-electron chi connectivity index (χ3n) is 3.56. The molecule has 2 unspecified atom stereocenters. The summed E-state index contributed by atoms with van der Waals surface area (Å²) in [5, 5.41) is 5.57. The van der Waals surface area contributed by atoms with Crippen LogP contribution >= 0.6 is 0 Å². The van der Waals surface area contributed by atoms with E-state index < -0.39 is 11.6 Å². The second kappa shape index (κ2) is 5.65. The lowest BCUT2D eigenvalue weighted by Crippen LogP contribution is -2.48. The Morgan fingerprint density at radius 1 is 1.37 bits per heavy atom. The van der Waals surface area contributed by atoms with Gasteiger partial charge in [0.2, 0.25) is 5.91 Å². The third-order valence-corrected chi connectivity index (χ3v) is 3.56. The normalized spacial score (nSPS) is 23.2. The molecule has 0 aromatic heterocycles. The number of carbonyl (C=O) groups is 1. The molecule has 0 spiro atoms. The lowest BCUT2D eigenvalue weighted by molar-refractivity contribution is -0.119. The van der Waals surface area contributed by atoms with Crippen LogP contribution in [-0.2, 0) is 4.79 Å². The summed E-state index contributed by atoms with van der Waals surface area (Å²) in [7, 11) is 0. The molecule has 0 radical (unpaired) electrons. The largest absolute Gasteiger partial charge is 0.322 e. The first-order valence-electron chi connectivity index (χ1n) is 6.49. The van der Waals surface area contributed by atoms with Gasteiger partial charge in [-0.1, -0.05) is 6.92 Å². The van der Waals surface area contributed by atoms with Crippen molar-refractivity contribution in [3.8, 4) is 0 Å². The maximum Gasteiger partial charge on any atom is 0.241 e. The van der Waals surface area contributed by atoms with Crippen LogP contribution in [0.25, 0.3) is 0 Å². The van der Waals surface area contributed by atoms with Crippen molar-refractivity contribution in [2.45, 2.75) is 32.7 Å². The standard InChI is InChI=1S/C14H18F2N2O/c1-8-4-3-5-17-13(8)14(19)18-12-7-10(15)9(2)6-11(12)16/h6-8,13,17H,3-5H2,1-2H3,(H,18,19). The minimum absolute atomic E-state index is 0.104. The number of hydrogen-bond acceptors (Lipinski definition) is 2. The summed E-state index contributed by atoms with van der Waals surface area (Å²) in [4.78, 5) is 12.1. The maximum absolute atomic E-state index is 13.7. The zero-order valence-electron chi connectivity index (χ0n) is 11.1. The summed E-state index contributed by atoms with van der Waals surface area (Å²) in [6.45, 7) is 4.23. The molecule has 0 bridgehead atoms. The Kier molecular flexibility index (Phi) is 4.14. The number of anilines is 1. The molecule has 2 rings (SSSR count). The Balaban J connectivity index is 2.12. The molecule has 1 fully saturated rings. The Morgan fingerprint density at radius 2 is 2.11 bits per heavy atom. The number of benzene rings is 1. The summed E-state index contributed by atoms with van der Waals surface area (Å²) in [6, 6.07) is 1.76. The molecule has 0 saturated carbocycles. The van der Waals surface area contributed by atoms with Crippen LogP contribution in [0.1, 0.15) is 25.3 Å². The average molecular weight is 268 g/mol. The summed E-state index contributed by atoms with van der Waals surface area (Å²) in [6.07, 6.45) is 1.98. The van der Waals surface area contributed by atoms with Crippen LogP contribution in [0, 0.1) is 24.5 Å². The van der Waals surface area contributed by atoms with Crippen molar-refractivity contribution in [2.75, 3.05) is 11.9 Å². The molecule has 1 heterocycles. The molecule has 2 atom stereocenters. The highest BCUT2D eigenvalue weighted by molar-refractivity contribution is 5.95. The van der Waals surface area contributed by atoms with E-state index in [1.807, 2.05) is 6.92 Å². The van der Waals surface area contributed by atoms with Crippen molar-refractivity contribution in [3.63, 3.8) is 0 Å². The van der Waals surface area contributed by atoms with Crippen LogP contribution in [0.5, 0.6) is 0 Å². The van der Waals surface area contributed by atoms with E-state index in [1.54, 1.807) is 0 Å². The van der Waals surface area contributed by atoms with Crippen molar-refractivity contribution >= 4 is 11.6 Å². The van der Waals surface area contributed by atoms with Crippen molar-refractivity contribution in [1.82, 2.24) is 5.32 Å². The van der Waals surface area contributed by atoms with Gasteiger partial charge in [0.25, 0.3) is 0 Å². The smallest absolute Gasteiger partial charge is 0.241 e. The summed E-state index contributed by atoms with van der Waals surface area (Å²) >= 11 is 0. The molecule has 1 saturated heterocycles. The van der Waals surface area contributed by atoms with E-state index in [1.165, 1.54) is 6.92 Å². The molecular weight excluding hydrogens is 250 g/mol. The van der Waals surface area contributed by atoms with Crippen molar-refractivity contribution < 1.29 is 13.6 Å². The van der Waals surface area contributed by atoms with E-state index in [0.29, 0.717) is 0 Å². The third kappa shape index (κ3) is 3.10. The molecule has 5 heteroatoms. The number of nitrogens with one attached hydrogen (secondary N) is 2. The molecule has 1 aliphatic heterocycles. The highest BCUT2D eigenvalue weighted by Crippen LogP contribution is 2.21. The average Bonchev–Trinajstić information content (AvgIpc) is 2.36. The molecule has 1 amide bonds. The Morgan fingerprint density at radius 3 is 2.79 bits per heavy atom. The van der Waals surface area contributed by atoms with Crippen molar-refractivity contribution in [3.05, 3.63) is 29.3 Å². The topological polar surface area (TPSA) is 41.1 Å². The first-order chi connectivity index (χ1) is 8.99. The van der Waals surface area contributed by atoms with Crippen LogP contribution in [0.15, 0.2) is 12.1 Å². The van der Waals surface area contributed by atoms with Gasteiger partial charge in [0, 0.05) is 6.07 Å². The molecule has 104 valence electrons. The Hall–Kier alpha value is -1.49. The number of piperidine rings is 1. The van der Waals surface area contributed by atoms with E-state index in [9.17, 15) is 13.6 Å². The van der Waals surface area contributed by atoms with E-state index in [2.05, 4.69) is 10.6 Å². The fraction of sp³-hybridized carbons (Fsp3) is 0.500. The second-order valence-electron chi connectivity index (χ2n) is 5.12. The van der Waals surface area contributed by atoms with E-state index >= 15 is 0 Å². The molecule has 19 heavy (non-hydrogen) atoms. The zero-order valence-corrected chi connectivity index (χ0v) is 11.1. The van der Waals surface area contributed by atoms with Gasteiger partial charge in [0.1, 0.15) is 11.6 Å². The number of halogens is 2. The Labute approximate surface area is 111 Å². The Bertz CT molecular complexity index is 491. The number of rotatable bonds is 2.